The highest BCUT2D eigenvalue weighted by Crippen LogP contribution is 2.18. The van der Waals surface area contributed by atoms with Crippen molar-refractivity contribution < 1.29 is 4.79 Å². The van der Waals surface area contributed by atoms with Gasteiger partial charge in [-0.1, -0.05) is 48.0 Å². The number of para-hydroxylation sites is 1. The minimum Gasteiger partial charge on any atom is -0.338 e. The number of benzene rings is 2. The molecule has 1 heterocycles. The van der Waals surface area contributed by atoms with Crippen molar-refractivity contribution in [1.29, 1.82) is 0 Å². The molecule has 0 aliphatic rings. The van der Waals surface area contributed by atoms with Gasteiger partial charge in [-0.15, -0.1) is 0 Å². The molecule has 1 aromatic heterocycles. The van der Waals surface area contributed by atoms with Crippen LogP contribution < -0.4 is 0 Å². The molecule has 0 radical (unpaired) electrons. The van der Waals surface area contributed by atoms with Crippen LogP contribution in [0.25, 0.3) is 5.69 Å². The third kappa shape index (κ3) is 4.28. The molecule has 128 valence electrons. The van der Waals surface area contributed by atoms with E-state index in [9.17, 15) is 4.79 Å². The minimum atomic E-state index is 0.0648. The van der Waals surface area contributed by atoms with Crippen molar-refractivity contribution in [2.24, 2.45) is 0 Å². The van der Waals surface area contributed by atoms with Crippen molar-refractivity contribution in [2.75, 3.05) is 6.54 Å². The zero-order valence-corrected chi connectivity index (χ0v) is 14.9. The molecule has 0 saturated heterocycles. The monoisotopic (exact) mass is 353 g/mol. The van der Waals surface area contributed by atoms with E-state index in [0.717, 1.165) is 16.8 Å². The maximum absolute atomic E-state index is 12.7. The van der Waals surface area contributed by atoms with E-state index in [2.05, 4.69) is 5.10 Å². The van der Waals surface area contributed by atoms with Crippen molar-refractivity contribution >= 4 is 17.5 Å². The molecule has 5 heteroatoms. The highest BCUT2D eigenvalue weighted by molar-refractivity contribution is 6.31. The fourth-order valence-electron chi connectivity index (χ4n) is 2.67. The van der Waals surface area contributed by atoms with Crippen molar-refractivity contribution in [2.45, 2.75) is 19.9 Å². The van der Waals surface area contributed by atoms with Gasteiger partial charge in [0.2, 0.25) is 5.91 Å². The molecule has 2 aromatic carbocycles. The molecule has 0 unspecified atom stereocenters. The number of carbonyl (C=O) groups excluding carboxylic acids is 1. The van der Waals surface area contributed by atoms with Gasteiger partial charge in [-0.3, -0.25) is 4.79 Å². The first kappa shape index (κ1) is 17.2. The fraction of sp³-hybridized carbons (Fsp3) is 0.200. The molecule has 1 amide bonds. The Hall–Kier alpha value is -2.59. The summed E-state index contributed by atoms with van der Waals surface area (Å²) >= 11 is 6.21. The predicted octanol–water partition coefficient (Wildman–Crippen LogP) is 4.12. The molecule has 0 spiro atoms. The first-order valence-corrected chi connectivity index (χ1v) is 8.65. The second-order valence-corrected chi connectivity index (χ2v) is 6.21. The Bertz CT molecular complexity index is 845. The summed E-state index contributed by atoms with van der Waals surface area (Å²) in [5, 5.41) is 5.03. The largest absolute Gasteiger partial charge is 0.338 e. The van der Waals surface area contributed by atoms with Gasteiger partial charge in [0.15, 0.2) is 0 Å². The first-order chi connectivity index (χ1) is 12.2. The molecule has 0 N–H and O–H groups in total. The van der Waals surface area contributed by atoms with Crippen LogP contribution >= 0.6 is 11.6 Å². The molecule has 25 heavy (non-hydrogen) atoms. The number of halogens is 1. The third-order valence-corrected chi connectivity index (χ3v) is 4.43. The Morgan fingerprint density at radius 1 is 1.12 bits per heavy atom. The Balaban J connectivity index is 1.68. The molecule has 4 nitrogen and oxygen atoms in total. The van der Waals surface area contributed by atoms with E-state index in [1.165, 1.54) is 0 Å². The molecule has 3 aromatic rings. The lowest BCUT2D eigenvalue weighted by Gasteiger charge is -2.21. The van der Waals surface area contributed by atoms with E-state index >= 15 is 0 Å². The van der Waals surface area contributed by atoms with Gasteiger partial charge in [-0.05, 0) is 36.2 Å². The standard InChI is InChI=1S/C20H20ClN3O/c1-2-23(15-17-8-6-7-11-19(17)21)20(25)12-16-13-22-24(14-16)18-9-4-3-5-10-18/h3-11,13-14H,2,12,15H2,1H3. The maximum Gasteiger partial charge on any atom is 0.227 e. The Morgan fingerprint density at radius 2 is 1.84 bits per heavy atom. The van der Waals surface area contributed by atoms with Crippen LogP contribution in [-0.2, 0) is 17.8 Å². The van der Waals surface area contributed by atoms with Gasteiger partial charge in [-0.2, -0.15) is 5.10 Å². The summed E-state index contributed by atoms with van der Waals surface area (Å²) in [7, 11) is 0. The van der Waals surface area contributed by atoms with Crippen molar-refractivity contribution in [1.82, 2.24) is 14.7 Å². The number of hydrogen-bond acceptors (Lipinski definition) is 2. The average molecular weight is 354 g/mol. The Morgan fingerprint density at radius 3 is 2.56 bits per heavy atom. The molecule has 0 aliphatic heterocycles. The third-order valence-electron chi connectivity index (χ3n) is 4.07. The molecule has 0 atom stereocenters. The van der Waals surface area contributed by atoms with Gasteiger partial charge in [-0.25, -0.2) is 4.68 Å². The highest BCUT2D eigenvalue weighted by Gasteiger charge is 2.15. The van der Waals surface area contributed by atoms with E-state index < -0.39 is 0 Å². The summed E-state index contributed by atoms with van der Waals surface area (Å²) in [6.07, 6.45) is 3.97. The zero-order valence-electron chi connectivity index (χ0n) is 14.1. The molecule has 0 fully saturated rings. The minimum absolute atomic E-state index is 0.0648. The second kappa shape index (κ2) is 7.99. The van der Waals surface area contributed by atoms with E-state index in [0.29, 0.717) is 24.5 Å². The molecular weight excluding hydrogens is 334 g/mol. The average Bonchev–Trinajstić information content (AvgIpc) is 3.10. The van der Waals surface area contributed by atoms with Gasteiger partial charge >= 0.3 is 0 Å². The van der Waals surface area contributed by atoms with Crippen LogP contribution in [0.5, 0.6) is 0 Å². The zero-order chi connectivity index (χ0) is 17.6. The summed E-state index contributed by atoms with van der Waals surface area (Å²) in [6.45, 7) is 3.13. The maximum atomic E-state index is 12.7. The summed E-state index contributed by atoms with van der Waals surface area (Å²) in [6, 6.07) is 17.5. The Labute approximate surface area is 152 Å². The van der Waals surface area contributed by atoms with E-state index in [4.69, 9.17) is 11.6 Å². The van der Waals surface area contributed by atoms with Gasteiger partial charge < -0.3 is 4.90 Å². The number of likely N-dealkylation sites (N-methyl/N-ethyl adjacent to an activating group) is 1. The number of nitrogens with zero attached hydrogens (tertiary/aromatic N) is 3. The van der Waals surface area contributed by atoms with Crippen molar-refractivity contribution in [3.05, 3.63) is 83.1 Å². The predicted molar refractivity (Wildman–Crippen MR) is 99.8 cm³/mol. The van der Waals surface area contributed by atoms with E-state index in [-0.39, 0.29) is 5.91 Å². The lowest BCUT2D eigenvalue weighted by Crippen LogP contribution is -2.31. The lowest BCUT2D eigenvalue weighted by atomic mass is 10.2. The molecule has 0 saturated carbocycles. The van der Waals surface area contributed by atoms with Crippen LogP contribution in [0.4, 0.5) is 0 Å². The lowest BCUT2D eigenvalue weighted by molar-refractivity contribution is -0.130. The Kier molecular flexibility index (Phi) is 5.51. The summed E-state index contributed by atoms with van der Waals surface area (Å²) < 4.78 is 1.78. The van der Waals surface area contributed by atoms with Crippen LogP contribution in [0, 0.1) is 0 Å². The summed E-state index contributed by atoms with van der Waals surface area (Å²) in [5.41, 5.74) is 2.83. The van der Waals surface area contributed by atoms with Gasteiger partial charge in [0.25, 0.3) is 0 Å². The van der Waals surface area contributed by atoms with Crippen molar-refractivity contribution in [3.63, 3.8) is 0 Å². The van der Waals surface area contributed by atoms with E-state index in [1.54, 1.807) is 15.8 Å². The van der Waals surface area contributed by atoms with Gasteiger partial charge in [0.05, 0.1) is 18.3 Å². The number of carbonyl (C=O) groups is 1. The quantitative estimate of drug-likeness (QED) is 0.668. The van der Waals surface area contributed by atoms with Gasteiger partial charge in [0.1, 0.15) is 0 Å². The molecular formula is C20H20ClN3O. The molecule has 0 bridgehead atoms. The number of aromatic nitrogens is 2. The van der Waals surface area contributed by atoms with Crippen LogP contribution in [0.3, 0.4) is 0 Å². The summed E-state index contributed by atoms with van der Waals surface area (Å²) in [5.74, 6) is 0.0648. The molecule has 0 aliphatic carbocycles. The first-order valence-electron chi connectivity index (χ1n) is 8.27. The van der Waals surface area contributed by atoms with Gasteiger partial charge in [0, 0.05) is 24.3 Å². The van der Waals surface area contributed by atoms with Crippen LogP contribution in [0.2, 0.25) is 5.02 Å². The number of rotatable bonds is 6. The van der Waals surface area contributed by atoms with Crippen LogP contribution in [0.15, 0.2) is 67.0 Å². The fourth-order valence-corrected chi connectivity index (χ4v) is 2.86. The summed E-state index contributed by atoms with van der Waals surface area (Å²) in [4.78, 5) is 14.5. The topological polar surface area (TPSA) is 38.1 Å². The van der Waals surface area contributed by atoms with Crippen molar-refractivity contribution in [3.8, 4) is 5.69 Å². The van der Waals surface area contributed by atoms with Crippen LogP contribution in [0.1, 0.15) is 18.1 Å². The normalized spacial score (nSPS) is 10.6. The van der Waals surface area contributed by atoms with E-state index in [1.807, 2.05) is 67.7 Å². The number of hydrogen-bond donors (Lipinski definition) is 0. The number of amides is 1. The smallest absolute Gasteiger partial charge is 0.227 e. The second-order valence-electron chi connectivity index (χ2n) is 5.80. The molecule has 3 rings (SSSR count). The van der Waals surface area contributed by atoms with Crippen LogP contribution in [-0.4, -0.2) is 27.1 Å². The SMILES string of the molecule is CCN(Cc1ccccc1Cl)C(=O)Cc1cnn(-c2ccccc2)c1. The highest BCUT2D eigenvalue weighted by atomic mass is 35.5.